The molecule has 8 nitrogen and oxygen atoms in total. The molecule has 3 heterocycles. The van der Waals surface area contributed by atoms with E-state index in [0.29, 0.717) is 21.4 Å². The molecule has 3 saturated heterocycles. The highest BCUT2D eigenvalue weighted by atomic mass is 127. The van der Waals surface area contributed by atoms with E-state index in [4.69, 9.17) is 5.26 Å². The summed E-state index contributed by atoms with van der Waals surface area (Å²) in [5.41, 5.74) is 0.0798. The van der Waals surface area contributed by atoms with Gasteiger partial charge in [0.2, 0.25) is 0 Å². The maximum absolute atomic E-state index is 13.6. The second kappa shape index (κ2) is 7.76. The van der Waals surface area contributed by atoms with Gasteiger partial charge in [0.1, 0.15) is 12.7 Å². The van der Waals surface area contributed by atoms with Crippen molar-refractivity contribution in [2.75, 3.05) is 30.0 Å². The molecule has 0 saturated carbocycles. The van der Waals surface area contributed by atoms with Crippen LogP contribution >= 0.6 is 22.6 Å². The first kappa shape index (κ1) is 22.8. The number of amides is 4. The van der Waals surface area contributed by atoms with E-state index >= 15 is 0 Å². The van der Waals surface area contributed by atoms with Crippen LogP contribution < -0.4 is 10.2 Å². The van der Waals surface area contributed by atoms with Gasteiger partial charge in [0, 0.05) is 9.26 Å². The van der Waals surface area contributed by atoms with Crippen LogP contribution in [0.4, 0.5) is 29.3 Å². The Labute approximate surface area is 205 Å². The number of urea groups is 1. The summed E-state index contributed by atoms with van der Waals surface area (Å²) < 4.78 is 38.7. The van der Waals surface area contributed by atoms with Crippen LogP contribution in [0.25, 0.3) is 0 Å². The normalized spacial score (nSPS) is 27.6. The van der Waals surface area contributed by atoms with Crippen LogP contribution in [0.15, 0.2) is 42.5 Å². The average molecular weight is 582 g/mol. The number of hydrogen-bond donors (Lipinski definition) is 1. The molecule has 1 N–H and O–H groups in total. The highest BCUT2D eigenvalue weighted by Crippen LogP contribution is 2.44. The molecular weight excluding hydrogens is 566 g/mol. The first-order valence-corrected chi connectivity index (χ1v) is 11.3. The molecule has 4 amide bonds. The second-order valence-electron chi connectivity index (χ2n) is 8.44. The molecule has 3 aliphatic heterocycles. The van der Waals surface area contributed by atoms with Gasteiger partial charge in [-0.15, -0.1) is 0 Å². The van der Waals surface area contributed by atoms with E-state index in [1.54, 1.807) is 6.07 Å². The van der Waals surface area contributed by atoms with E-state index in [1.165, 1.54) is 12.1 Å². The minimum Gasteiger partial charge on any atom is -0.321 e. The SMILES string of the molecule is N#Cc1ccc(N2C(=O)C3C[N@]4CC(C(=O)Nc5ccc(C(F)(F)F)cc5)[N+]3(C4)C2=O)cc1I. The largest absolute Gasteiger partial charge is 0.433 e. The third kappa shape index (κ3) is 3.29. The number of fused-ring (bicyclic) bond motifs is 1. The molecule has 3 fully saturated rings. The lowest BCUT2D eigenvalue weighted by atomic mass is 10.1. The Hall–Kier alpha value is -3.02. The minimum absolute atomic E-state index is 0.170. The lowest BCUT2D eigenvalue weighted by molar-refractivity contribution is -0.852. The number of nitrogens with zero attached hydrogens (tertiary/aromatic N) is 4. The predicted octanol–water partition coefficient (Wildman–Crippen LogP) is 3.13. The quantitative estimate of drug-likeness (QED) is 0.341. The number of nitrogens with one attached hydrogen (secondary N) is 1. The Bertz CT molecular complexity index is 1280. The summed E-state index contributed by atoms with van der Waals surface area (Å²) >= 11 is 1.96. The van der Waals surface area contributed by atoms with Gasteiger partial charge in [0.05, 0.1) is 29.9 Å². The first-order chi connectivity index (χ1) is 16.1. The number of halogens is 4. The van der Waals surface area contributed by atoms with Crippen molar-refractivity contribution >= 4 is 51.8 Å². The molecule has 12 heteroatoms. The van der Waals surface area contributed by atoms with Crippen LogP contribution in [0, 0.1) is 14.9 Å². The zero-order valence-corrected chi connectivity index (χ0v) is 19.5. The van der Waals surface area contributed by atoms with Crippen molar-refractivity contribution in [3.05, 3.63) is 57.2 Å². The molecule has 4 atom stereocenters. The van der Waals surface area contributed by atoms with E-state index in [0.717, 1.165) is 29.2 Å². The van der Waals surface area contributed by atoms with E-state index in [2.05, 4.69) is 5.32 Å². The third-order valence-electron chi connectivity index (χ3n) is 6.58. The van der Waals surface area contributed by atoms with Gasteiger partial charge in [-0.25, -0.2) is 14.2 Å². The van der Waals surface area contributed by atoms with Crippen molar-refractivity contribution < 1.29 is 32.0 Å². The number of rotatable bonds is 3. The zero-order chi connectivity index (χ0) is 24.4. The molecule has 1 spiro atoms. The average Bonchev–Trinajstić information content (AvgIpc) is 3.42. The van der Waals surface area contributed by atoms with Crippen LogP contribution in [-0.2, 0) is 15.8 Å². The van der Waals surface area contributed by atoms with Crippen LogP contribution in [0.1, 0.15) is 11.1 Å². The number of benzene rings is 2. The van der Waals surface area contributed by atoms with Crippen molar-refractivity contribution in [2.45, 2.75) is 18.3 Å². The number of alkyl halides is 3. The number of piperazine rings is 1. The van der Waals surface area contributed by atoms with Gasteiger partial charge in [0.25, 0.3) is 11.8 Å². The van der Waals surface area contributed by atoms with E-state index in [1.807, 2.05) is 33.6 Å². The Morgan fingerprint density at radius 2 is 1.85 bits per heavy atom. The summed E-state index contributed by atoms with van der Waals surface area (Å²) in [4.78, 5) is 43.0. The molecule has 0 aliphatic carbocycles. The Balaban J connectivity index is 1.43. The van der Waals surface area contributed by atoms with Gasteiger partial charge in [0.15, 0.2) is 12.1 Å². The number of hydrogen-bond acceptors (Lipinski definition) is 5. The van der Waals surface area contributed by atoms with Gasteiger partial charge in [-0.1, -0.05) is 0 Å². The van der Waals surface area contributed by atoms with Crippen molar-refractivity contribution in [1.29, 1.82) is 5.26 Å². The predicted molar refractivity (Wildman–Crippen MR) is 121 cm³/mol. The van der Waals surface area contributed by atoms with Gasteiger partial charge < -0.3 is 5.32 Å². The molecule has 3 unspecified atom stereocenters. The fraction of sp³-hybridized carbons (Fsp3) is 0.273. The van der Waals surface area contributed by atoms with Gasteiger partial charge in [-0.05, 0) is 65.1 Å². The summed E-state index contributed by atoms with van der Waals surface area (Å²) in [5, 5.41) is 11.8. The zero-order valence-electron chi connectivity index (χ0n) is 17.3. The van der Waals surface area contributed by atoms with Crippen LogP contribution in [0.5, 0.6) is 0 Å². The van der Waals surface area contributed by atoms with Crippen molar-refractivity contribution in [2.24, 2.45) is 0 Å². The Kier molecular flexibility index (Phi) is 5.19. The molecule has 2 bridgehead atoms. The van der Waals surface area contributed by atoms with Crippen LogP contribution in [0.2, 0.25) is 0 Å². The Morgan fingerprint density at radius 1 is 1.15 bits per heavy atom. The third-order valence-corrected chi connectivity index (χ3v) is 7.47. The number of carbonyl (C=O) groups excluding carboxylic acids is 3. The van der Waals surface area contributed by atoms with Crippen LogP contribution in [0.3, 0.4) is 0 Å². The number of quaternary nitrogens is 1. The summed E-state index contributed by atoms with van der Waals surface area (Å²) in [6.45, 7) is 0.781. The summed E-state index contributed by atoms with van der Waals surface area (Å²) in [5.74, 6) is -0.954. The number of nitriles is 1. The first-order valence-electron chi connectivity index (χ1n) is 10.2. The van der Waals surface area contributed by atoms with Gasteiger partial charge >= 0.3 is 12.2 Å². The van der Waals surface area contributed by atoms with Crippen molar-refractivity contribution in [1.82, 2.24) is 4.90 Å². The van der Waals surface area contributed by atoms with Crippen molar-refractivity contribution in [3.8, 4) is 6.07 Å². The maximum atomic E-state index is 13.6. The van der Waals surface area contributed by atoms with Crippen molar-refractivity contribution in [3.63, 3.8) is 0 Å². The fourth-order valence-electron chi connectivity index (χ4n) is 4.98. The van der Waals surface area contributed by atoms with E-state index < -0.39 is 41.7 Å². The highest BCUT2D eigenvalue weighted by Gasteiger charge is 2.73. The summed E-state index contributed by atoms with van der Waals surface area (Å²) in [7, 11) is 0. The standard InChI is InChI=1S/C22H15F3IN5O3/c23-22(24,25)13-2-4-14(5-3-13)28-19(32)17-9-29-10-18-20(33)30(21(34)31(17,18)11-29)15-6-1-12(8-27)16(26)7-15/h1-7,17-18H,9-11H2/p+1. The topological polar surface area (TPSA) is 93.5 Å². The molecule has 174 valence electrons. The van der Waals surface area contributed by atoms with Gasteiger partial charge in [-0.3, -0.25) is 9.59 Å². The molecule has 3 aliphatic rings. The Morgan fingerprint density at radius 3 is 2.47 bits per heavy atom. The summed E-state index contributed by atoms with van der Waals surface area (Å²) in [6.07, 6.45) is -4.49. The number of carbonyl (C=O) groups is 3. The lowest BCUT2D eigenvalue weighted by Crippen LogP contribution is -2.63. The smallest absolute Gasteiger partial charge is 0.321 e. The summed E-state index contributed by atoms with van der Waals surface area (Å²) in [6, 6.07) is 8.57. The van der Waals surface area contributed by atoms with E-state index in [9.17, 15) is 27.6 Å². The minimum atomic E-state index is -4.49. The van der Waals surface area contributed by atoms with E-state index in [-0.39, 0.29) is 23.4 Å². The number of imide groups is 1. The molecule has 34 heavy (non-hydrogen) atoms. The maximum Gasteiger partial charge on any atom is 0.433 e. The van der Waals surface area contributed by atoms with Crippen LogP contribution in [-0.4, -0.2) is 59.1 Å². The molecule has 2 aromatic rings. The van der Waals surface area contributed by atoms with Gasteiger partial charge in [-0.2, -0.15) is 23.3 Å². The lowest BCUT2D eigenvalue weighted by Gasteiger charge is -2.32. The molecule has 5 rings (SSSR count). The highest BCUT2D eigenvalue weighted by molar-refractivity contribution is 14.1. The monoisotopic (exact) mass is 582 g/mol. The molecule has 0 aromatic heterocycles. The molecular formula is C22H16F3IN5O3+. The molecule has 2 aromatic carbocycles. The fourth-order valence-corrected chi connectivity index (χ4v) is 5.60. The number of anilines is 2. The second-order valence-corrected chi connectivity index (χ2v) is 9.60. The molecule has 0 radical (unpaired) electrons.